The van der Waals surface area contributed by atoms with Crippen molar-refractivity contribution in [2.75, 3.05) is 32.9 Å². The SMILES string of the molecule is C#CCN(CC(=O)O)C(=O)C1(C)COCC1NC(=O)OCC1c2ccccc2-c2ccccc21. The van der Waals surface area contributed by atoms with Gasteiger partial charge in [0.1, 0.15) is 13.2 Å². The normalized spacial score (nSPS) is 20.6. The van der Waals surface area contributed by atoms with Gasteiger partial charge >= 0.3 is 12.1 Å². The molecule has 2 N–H and O–H groups in total. The summed E-state index contributed by atoms with van der Waals surface area (Å²) < 4.78 is 11.1. The van der Waals surface area contributed by atoms with Crippen LogP contribution in [0.3, 0.4) is 0 Å². The average molecular weight is 463 g/mol. The first-order valence-electron chi connectivity index (χ1n) is 11.0. The zero-order valence-electron chi connectivity index (χ0n) is 18.8. The van der Waals surface area contributed by atoms with E-state index in [0.717, 1.165) is 27.2 Å². The van der Waals surface area contributed by atoms with Crippen LogP contribution in [0.25, 0.3) is 11.1 Å². The van der Waals surface area contributed by atoms with Crippen molar-refractivity contribution in [3.05, 3.63) is 59.7 Å². The Bertz CT molecular complexity index is 1110. The van der Waals surface area contributed by atoms with E-state index in [2.05, 4.69) is 23.4 Å². The summed E-state index contributed by atoms with van der Waals surface area (Å²) in [6.07, 6.45) is 4.64. The second-order valence-corrected chi connectivity index (χ2v) is 8.71. The number of carbonyl (C=O) groups is 3. The van der Waals surface area contributed by atoms with Crippen molar-refractivity contribution in [2.45, 2.75) is 18.9 Å². The Labute approximate surface area is 197 Å². The summed E-state index contributed by atoms with van der Waals surface area (Å²) in [5.41, 5.74) is 3.28. The quantitative estimate of drug-likeness (QED) is 0.613. The van der Waals surface area contributed by atoms with E-state index in [4.69, 9.17) is 21.0 Å². The smallest absolute Gasteiger partial charge is 0.407 e. The molecule has 2 aliphatic rings. The van der Waals surface area contributed by atoms with Gasteiger partial charge in [-0.3, -0.25) is 9.59 Å². The summed E-state index contributed by atoms with van der Waals surface area (Å²) in [4.78, 5) is 38.1. The minimum atomic E-state index is -1.17. The molecule has 2 amide bonds. The Morgan fingerprint density at radius 2 is 1.79 bits per heavy atom. The highest BCUT2D eigenvalue weighted by atomic mass is 16.5. The molecule has 8 nitrogen and oxygen atoms in total. The van der Waals surface area contributed by atoms with Gasteiger partial charge in [0.25, 0.3) is 0 Å². The maximum Gasteiger partial charge on any atom is 0.407 e. The third-order valence-corrected chi connectivity index (χ3v) is 6.48. The molecule has 1 heterocycles. The maximum atomic E-state index is 13.1. The van der Waals surface area contributed by atoms with Crippen LogP contribution in [0.5, 0.6) is 0 Å². The van der Waals surface area contributed by atoms with Crippen molar-refractivity contribution >= 4 is 18.0 Å². The fraction of sp³-hybridized carbons (Fsp3) is 0.346. The Kier molecular flexibility index (Phi) is 6.57. The monoisotopic (exact) mass is 462 g/mol. The van der Waals surface area contributed by atoms with Crippen molar-refractivity contribution in [3.63, 3.8) is 0 Å². The van der Waals surface area contributed by atoms with Gasteiger partial charge in [0.05, 0.1) is 31.2 Å². The van der Waals surface area contributed by atoms with Crippen LogP contribution in [-0.2, 0) is 19.1 Å². The number of rotatable bonds is 7. The van der Waals surface area contributed by atoms with Gasteiger partial charge < -0.3 is 24.8 Å². The Morgan fingerprint density at radius 1 is 1.18 bits per heavy atom. The molecular formula is C26H26N2O6. The molecule has 2 atom stereocenters. The predicted molar refractivity (Wildman–Crippen MR) is 124 cm³/mol. The standard InChI is InChI=1S/C26H26N2O6/c1-3-12-28(13-23(29)30)24(31)26(2)16-33-15-22(26)27-25(32)34-14-21-19-10-6-4-8-17(19)18-9-5-7-11-20(18)21/h1,4-11,21-22H,12-16H2,2H3,(H,27,32)(H,29,30). The summed E-state index contributed by atoms with van der Waals surface area (Å²) in [6.45, 7) is 1.21. The number of hydrogen-bond acceptors (Lipinski definition) is 5. The second-order valence-electron chi connectivity index (χ2n) is 8.71. The van der Waals surface area contributed by atoms with E-state index in [1.807, 2.05) is 36.4 Å². The zero-order chi connectivity index (χ0) is 24.3. The van der Waals surface area contributed by atoms with Crippen molar-refractivity contribution in [2.24, 2.45) is 5.41 Å². The number of alkyl carbamates (subject to hydrolysis) is 1. The first kappa shape index (κ1) is 23.3. The Morgan fingerprint density at radius 3 is 2.38 bits per heavy atom. The molecule has 2 aromatic rings. The third-order valence-electron chi connectivity index (χ3n) is 6.48. The predicted octanol–water partition coefficient (Wildman–Crippen LogP) is 2.48. The van der Waals surface area contributed by atoms with Gasteiger partial charge in [-0.05, 0) is 29.2 Å². The van der Waals surface area contributed by atoms with Gasteiger partial charge in [-0.1, -0.05) is 54.5 Å². The second kappa shape index (κ2) is 9.57. The largest absolute Gasteiger partial charge is 0.480 e. The van der Waals surface area contributed by atoms with Gasteiger partial charge in [0.15, 0.2) is 0 Å². The third kappa shape index (κ3) is 4.35. The molecule has 2 aromatic carbocycles. The molecule has 1 saturated heterocycles. The lowest BCUT2D eigenvalue weighted by atomic mass is 9.83. The van der Waals surface area contributed by atoms with Crippen molar-refractivity contribution < 1.29 is 29.0 Å². The molecule has 1 aliphatic carbocycles. The first-order chi connectivity index (χ1) is 16.3. The van der Waals surface area contributed by atoms with E-state index >= 15 is 0 Å². The molecule has 0 aromatic heterocycles. The van der Waals surface area contributed by atoms with E-state index < -0.39 is 36.0 Å². The summed E-state index contributed by atoms with van der Waals surface area (Å²) in [6, 6.07) is 15.4. The summed E-state index contributed by atoms with van der Waals surface area (Å²) >= 11 is 0. The molecule has 0 bridgehead atoms. The fourth-order valence-corrected chi connectivity index (χ4v) is 4.70. The molecule has 1 aliphatic heterocycles. The van der Waals surface area contributed by atoms with Crippen molar-refractivity contribution in [3.8, 4) is 23.5 Å². The number of carboxylic acid groups (broad SMARTS) is 1. The van der Waals surface area contributed by atoms with Crippen LogP contribution in [0.15, 0.2) is 48.5 Å². The summed E-state index contributed by atoms with van der Waals surface area (Å²) in [7, 11) is 0. The number of ether oxygens (including phenoxy) is 2. The van der Waals surface area contributed by atoms with E-state index in [-0.39, 0.29) is 32.3 Å². The molecule has 2 unspecified atom stereocenters. The highest BCUT2D eigenvalue weighted by molar-refractivity contribution is 5.87. The number of carbonyl (C=O) groups excluding carboxylic acids is 2. The van der Waals surface area contributed by atoms with Crippen LogP contribution in [0.4, 0.5) is 4.79 Å². The van der Waals surface area contributed by atoms with Crippen LogP contribution >= 0.6 is 0 Å². The minimum absolute atomic E-state index is 0.0286. The topological polar surface area (TPSA) is 105 Å². The number of aliphatic carboxylic acids is 1. The molecule has 1 fully saturated rings. The molecule has 0 saturated carbocycles. The van der Waals surface area contributed by atoms with Gasteiger partial charge in [-0.15, -0.1) is 6.42 Å². The Hall–Kier alpha value is -3.83. The molecule has 4 rings (SSSR count). The number of benzene rings is 2. The maximum absolute atomic E-state index is 13.1. The highest BCUT2D eigenvalue weighted by Crippen LogP contribution is 2.44. The summed E-state index contributed by atoms with van der Waals surface area (Å²) in [5.74, 6) is 0.552. The number of hydrogen-bond donors (Lipinski definition) is 2. The number of carboxylic acids is 1. The van der Waals surface area contributed by atoms with E-state index in [9.17, 15) is 14.4 Å². The number of fused-ring (bicyclic) bond motifs is 3. The van der Waals surface area contributed by atoms with Crippen LogP contribution in [-0.4, -0.2) is 66.9 Å². The first-order valence-corrected chi connectivity index (χ1v) is 11.0. The van der Waals surface area contributed by atoms with Crippen LogP contribution < -0.4 is 5.32 Å². The van der Waals surface area contributed by atoms with Crippen LogP contribution in [0, 0.1) is 17.8 Å². The molecule has 0 radical (unpaired) electrons. The molecule has 0 spiro atoms. The summed E-state index contributed by atoms with van der Waals surface area (Å²) in [5, 5.41) is 11.9. The lowest BCUT2D eigenvalue weighted by Gasteiger charge is -2.33. The van der Waals surface area contributed by atoms with Crippen molar-refractivity contribution in [1.82, 2.24) is 10.2 Å². The fourth-order valence-electron chi connectivity index (χ4n) is 4.70. The molecular weight excluding hydrogens is 436 g/mol. The van der Waals surface area contributed by atoms with E-state index in [0.29, 0.717) is 0 Å². The number of nitrogens with zero attached hydrogens (tertiary/aromatic N) is 1. The number of nitrogens with one attached hydrogen (secondary N) is 1. The minimum Gasteiger partial charge on any atom is -0.480 e. The lowest BCUT2D eigenvalue weighted by molar-refractivity contribution is -0.149. The van der Waals surface area contributed by atoms with Crippen LogP contribution in [0.1, 0.15) is 24.0 Å². The van der Waals surface area contributed by atoms with Gasteiger partial charge in [0, 0.05) is 5.92 Å². The Balaban J connectivity index is 1.43. The number of terminal acetylenes is 1. The molecule has 176 valence electrons. The van der Waals surface area contributed by atoms with Crippen molar-refractivity contribution in [1.29, 1.82) is 0 Å². The molecule has 34 heavy (non-hydrogen) atoms. The van der Waals surface area contributed by atoms with E-state index in [1.165, 1.54) is 0 Å². The van der Waals surface area contributed by atoms with Gasteiger partial charge in [-0.25, -0.2) is 4.79 Å². The average Bonchev–Trinajstić information content (AvgIpc) is 3.35. The van der Waals surface area contributed by atoms with Crippen LogP contribution in [0.2, 0.25) is 0 Å². The van der Waals surface area contributed by atoms with Gasteiger partial charge in [0.2, 0.25) is 5.91 Å². The number of amides is 2. The highest BCUT2D eigenvalue weighted by Gasteiger charge is 2.49. The zero-order valence-corrected chi connectivity index (χ0v) is 18.8. The van der Waals surface area contributed by atoms with E-state index in [1.54, 1.807) is 6.92 Å². The lowest BCUT2D eigenvalue weighted by Crippen LogP contribution is -2.55. The molecule has 8 heteroatoms. The van der Waals surface area contributed by atoms with Gasteiger partial charge in [-0.2, -0.15) is 0 Å².